The van der Waals surface area contributed by atoms with Crippen LogP contribution in [0.4, 0.5) is 0 Å². The van der Waals surface area contributed by atoms with Crippen molar-refractivity contribution in [2.24, 2.45) is 0 Å². The Bertz CT molecular complexity index is 928. The summed E-state index contributed by atoms with van der Waals surface area (Å²) in [7, 11) is 0. The van der Waals surface area contributed by atoms with Crippen LogP contribution in [0.1, 0.15) is 32.7 Å². The molecule has 0 bridgehead atoms. The van der Waals surface area contributed by atoms with E-state index in [9.17, 15) is 14.4 Å². The van der Waals surface area contributed by atoms with Gasteiger partial charge in [0.15, 0.2) is 0 Å². The Morgan fingerprint density at radius 1 is 0.833 bits per heavy atom. The second-order valence-corrected chi connectivity index (χ2v) is 7.55. The molecule has 2 aliphatic heterocycles. The summed E-state index contributed by atoms with van der Waals surface area (Å²) in [5, 5.41) is 0. The molecule has 0 unspecified atom stereocenters. The van der Waals surface area contributed by atoms with Gasteiger partial charge in [0, 0.05) is 45.7 Å². The number of piperazine rings is 1. The molecule has 2 aromatic rings. The molecule has 0 aromatic heterocycles. The minimum atomic E-state index is -0.307. The lowest BCUT2D eigenvalue weighted by atomic mass is 10.1. The highest BCUT2D eigenvalue weighted by atomic mass is 16.2. The molecular weight excluding hydrogens is 378 g/mol. The van der Waals surface area contributed by atoms with Crippen molar-refractivity contribution >= 4 is 23.8 Å². The monoisotopic (exact) mass is 403 g/mol. The predicted octanol–water partition coefficient (Wildman–Crippen LogP) is 2.53. The van der Waals surface area contributed by atoms with Gasteiger partial charge in [-0.25, -0.2) is 0 Å². The summed E-state index contributed by atoms with van der Waals surface area (Å²) in [6.07, 6.45) is 4.42. The van der Waals surface area contributed by atoms with E-state index in [2.05, 4.69) is 29.2 Å². The van der Waals surface area contributed by atoms with Crippen LogP contribution < -0.4 is 0 Å². The van der Waals surface area contributed by atoms with Gasteiger partial charge in [-0.2, -0.15) is 0 Å². The van der Waals surface area contributed by atoms with E-state index in [1.807, 2.05) is 23.1 Å². The van der Waals surface area contributed by atoms with E-state index in [4.69, 9.17) is 0 Å². The number of benzene rings is 2. The molecule has 3 amide bonds. The number of hydrogen-bond donors (Lipinski definition) is 0. The zero-order chi connectivity index (χ0) is 20.9. The first-order valence-corrected chi connectivity index (χ1v) is 10.3. The topological polar surface area (TPSA) is 60.9 Å². The van der Waals surface area contributed by atoms with Crippen LogP contribution in [0.3, 0.4) is 0 Å². The molecule has 1 saturated heterocycles. The first-order valence-electron chi connectivity index (χ1n) is 10.3. The minimum Gasteiger partial charge on any atom is -0.340 e. The molecule has 154 valence electrons. The molecule has 0 spiro atoms. The molecule has 6 nitrogen and oxygen atoms in total. The van der Waals surface area contributed by atoms with Crippen molar-refractivity contribution in [3.8, 4) is 0 Å². The van der Waals surface area contributed by atoms with Crippen molar-refractivity contribution in [2.75, 3.05) is 39.3 Å². The van der Waals surface area contributed by atoms with Gasteiger partial charge in [0.25, 0.3) is 11.8 Å². The van der Waals surface area contributed by atoms with Crippen LogP contribution >= 0.6 is 0 Å². The van der Waals surface area contributed by atoms with E-state index >= 15 is 0 Å². The van der Waals surface area contributed by atoms with E-state index in [0.29, 0.717) is 24.2 Å². The molecule has 0 aliphatic carbocycles. The normalized spacial score (nSPS) is 17.1. The van der Waals surface area contributed by atoms with Crippen LogP contribution in [0.2, 0.25) is 0 Å². The predicted molar refractivity (Wildman–Crippen MR) is 115 cm³/mol. The van der Waals surface area contributed by atoms with E-state index < -0.39 is 0 Å². The SMILES string of the molecule is O=C(CCN1C(=O)c2ccccc2C1=O)N1CCN(C/C=C/c2ccccc2)CC1. The van der Waals surface area contributed by atoms with Gasteiger partial charge in [0.2, 0.25) is 5.91 Å². The van der Waals surface area contributed by atoms with Crippen molar-refractivity contribution < 1.29 is 14.4 Å². The van der Waals surface area contributed by atoms with E-state index in [0.717, 1.165) is 19.6 Å². The molecule has 2 aliphatic rings. The fourth-order valence-electron chi connectivity index (χ4n) is 3.89. The lowest BCUT2D eigenvalue weighted by Gasteiger charge is -2.34. The summed E-state index contributed by atoms with van der Waals surface area (Å²) >= 11 is 0. The Kier molecular flexibility index (Phi) is 6.05. The number of hydrogen-bond acceptors (Lipinski definition) is 4. The average molecular weight is 403 g/mol. The Morgan fingerprint density at radius 2 is 1.43 bits per heavy atom. The molecule has 2 aromatic carbocycles. The number of carbonyl (C=O) groups is 3. The summed E-state index contributed by atoms with van der Waals surface area (Å²) < 4.78 is 0. The van der Waals surface area contributed by atoms with Gasteiger partial charge in [-0.3, -0.25) is 24.2 Å². The molecule has 0 N–H and O–H groups in total. The quantitative estimate of drug-likeness (QED) is 0.696. The molecule has 4 rings (SSSR count). The van der Waals surface area contributed by atoms with Gasteiger partial charge >= 0.3 is 0 Å². The summed E-state index contributed by atoms with van der Waals surface area (Å²) in [6, 6.07) is 17.0. The Labute approximate surface area is 176 Å². The molecular formula is C24H25N3O3. The Hall–Kier alpha value is -3.25. The van der Waals surface area contributed by atoms with Gasteiger partial charge in [-0.15, -0.1) is 0 Å². The fourth-order valence-corrected chi connectivity index (χ4v) is 3.89. The van der Waals surface area contributed by atoms with E-state index in [-0.39, 0.29) is 30.7 Å². The third-order valence-corrected chi connectivity index (χ3v) is 5.63. The standard InChI is InChI=1S/C24H25N3O3/c28-22(12-14-27-23(29)20-10-4-5-11-21(20)24(27)30)26-17-15-25(16-18-26)13-6-9-19-7-2-1-3-8-19/h1-11H,12-18H2/b9-6+. The van der Waals surface area contributed by atoms with E-state index in [1.54, 1.807) is 24.3 Å². The third-order valence-electron chi connectivity index (χ3n) is 5.63. The molecule has 0 radical (unpaired) electrons. The third kappa shape index (κ3) is 4.33. The zero-order valence-electron chi connectivity index (χ0n) is 16.9. The van der Waals surface area contributed by atoms with Gasteiger partial charge in [0.05, 0.1) is 11.1 Å². The fraction of sp³-hybridized carbons (Fsp3) is 0.292. The van der Waals surface area contributed by atoms with Crippen molar-refractivity contribution in [3.63, 3.8) is 0 Å². The first kappa shape index (κ1) is 20.0. The average Bonchev–Trinajstić information content (AvgIpc) is 3.03. The van der Waals surface area contributed by atoms with Crippen LogP contribution in [-0.4, -0.2) is 71.7 Å². The van der Waals surface area contributed by atoms with Crippen molar-refractivity contribution in [1.82, 2.24) is 14.7 Å². The highest BCUT2D eigenvalue weighted by molar-refractivity contribution is 6.21. The Balaban J connectivity index is 1.22. The Morgan fingerprint density at radius 3 is 2.07 bits per heavy atom. The summed E-state index contributed by atoms with van der Waals surface area (Å²) in [6.45, 7) is 3.95. The van der Waals surface area contributed by atoms with Crippen molar-refractivity contribution in [3.05, 3.63) is 77.4 Å². The summed E-state index contributed by atoms with van der Waals surface area (Å²) in [4.78, 5) is 42.7. The highest BCUT2D eigenvalue weighted by Gasteiger charge is 2.35. The summed E-state index contributed by atoms with van der Waals surface area (Å²) in [5.74, 6) is -0.622. The van der Waals surface area contributed by atoms with Gasteiger partial charge in [0.1, 0.15) is 0 Å². The van der Waals surface area contributed by atoms with Crippen molar-refractivity contribution in [2.45, 2.75) is 6.42 Å². The lowest BCUT2D eigenvalue weighted by Crippen LogP contribution is -2.49. The van der Waals surface area contributed by atoms with Crippen LogP contribution in [-0.2, 0) is 4.79 Å². The number of fused-ring (bicyclic) bond motifs is 1. The second-order valence-electron chi connectivity index (χ2n) is 7.55. The largest absolute Gasteiger partial charge is 0.340 e. The maximum Gasteiger partial charge on any atom is 0.261 e. The number of imide groups is 1. The number of amides is 3. The minimum absolute atomic E-state index is 0.00830. The highest BCUT2D eigenvalue weighted by Crippen LogP contribution is 2.22. The lowest BCUT2D eigenvalue weighted by molar-refractivity contribution is -0.132. The van der Waals surface area contributed by atoms with E-state index in [1.165, 1.54) is 10.5 Å². The van der Waals surface area contributed by atoms with Crippen LogP contribution in [0.25, 0.3) is 6.08 Å². The molecule has 0 saturated carbocycles. The molecule has 1 fully saturated rings. The smallest absolute Gasteiger partial charge is 0.261 e. The first-order chi connectivity index (χ1) is 14.6. The molecule has 2 heterocycles. The maximum absolute atomic E-state index is 12.6. The molecule has 0 atom stereocenters. The number of nitrogens with zero attached hydrogens (tertiary/aromatic N) is 3. The maximum atomic E-state index is 12.6. The molecule has 30 heavy (non-hydrogen) atoms. The van der Waals surface area contributed by atoms with Crippen LogP contribution in [0.15, 0.2) is 60.7 Å². The van der Waals surface area contributed by atoms with Crippen LogP contribution in [0.5, 0.6) is 0 Å². The number of carbonyl (C=O) groups excluding carboxylic acids is 3. The van der Waals surface area contributed by atoms with Gasteiger partial charge in [-0.05, 0) is 17.7 Å². The number of rotatable bonds is 6. The van der Waals surface area contributed by atoms with Crippen molar-refractivity contribution in [1.29, 1.82) is 0 Å². The van der Waals surface area contributed by atoms with Crippen LogP contribution in [0, 0.1) is 0 Å². The van der Waals surface area contributed by atoms with Gasteiger partial charge < -0.3 is 4.90 Å². The molecule has 6 heteroatoms. The second kappa shape index (κ2) is 9.05. The zero-order valence-corrected chi connectivity index (χ0v) is 16.9. The van der Waals surface area contributed by atoms with Gasteiger partial charge in [-0.1, -0.05) is 54.6 Å². The summed E-state index contributed by atoms with van der Waals surface area (Å²) in [5.41, 5.74) is 2.03.